The molecular formula is C15H19N3O3S. The number of carboxylic acids is 1. The molecule has 0 saturated heterocycles. The SMILES string of the molecule is Cc1nn(C)c2sc(C(=O)NC3(C(=O)O)CCCCC3)cc12. The van der Waals surface area contributed by atoms with Crippen LogP contribution in [-0.4, -0.2) is 32.3 Å². The highest BCUT2D eigenvalue weighted by Gasteiger charge is 2.41. The molecular weight excluding hydrogens is 302 g/mol. The van der Waals surface area contributed by atoms with Crippen LogP contribution in [0.3, 0.4) is 0 Å². The molecule has 1 amide bonds. The second-order valence-corrected chi connectivity index (χ2v) is 6.97. The summed E-state index contributed by atoms with van der Waals surface area (Å²) < 4.78 is 1.75. The molecule has 22 heavy (non-hydrogen) atoms. The van der Waals surface area contributed by atoms with Crippen molar-refractivity contribution >= 4 is 33.4 Å². The molecule has 0 bridgehead atoms. The molecule has 1 fully saturated rings. The highest BCUT2D eigenvalue weighted by molar-refractivity contribution is 7.20. The third-order valence-corrected chi connectivity index (χ3v) is 5.59. The molecule has 1 aliphatic rings. The quantitative estimate of drug-likeness (QED) is 0.909. The lowest BCUT2D eigenvalue weighted by Gasteiger charge is -2.33. The number of carboxylic acid groups (broad SMARTS) is 1. The number of carbonyl (C=O) groups excluding carboxylic acids is 1. The lowest BCUT2D eigenvalue weighted by molar-refractivity contribution is -0.145. The third kappa shape index (κ3) is 2.39. The molecule has 2 N–H and O–H groups in total. The van der Waals surface area contributed by atoms with Gasteiger partial charge in [-0.05, 0) is 25.8 Å². The highest BCUT2D eigenvalue weighted by atomic mass is 32.1. The molecule has 1 saturated carbocycles. The van der Waals surface area contributed by atoms with E-state index in [1.165, 1.54) is 11.3 Å². The molecule has 0 radical (unpaired) electrons. The zero-order valence-corrected chi connectivity index (χ0v) is 13.5. The lowest BCUT2D eigenvalue weighted by Crippen LogP contribution is -2.55. The summed E-state index contributed by atoms with van der Waals surface area (Å²) in [6.45, 7) is 1.90. The fraction of sp³-hybridized carbons (Fsp3) is 0.533. The Labute approximate surface area is 132 Å². The van der Waals surface area contributed by atoms with E-state index in [4.69, 9.17) is 0 Å². The minimum atomic E-state index is -1.11. The molecule has 118 valence electrons. The first kappa shape index (κ1) is 15.0. The minimum Gasteiger partial charge on any atom is -0.480 e. The van der Waals surface area contributed by atoms with E-state index in [9.17, 15) is 14.7 Å². The van der Waals surface area contributed by atoms with Crippen molar-refractivity contribution in [3.8, 4) is 0 Å². The molecule has 3 rings (SSSR count). The number of aliphatic carboxylic acids is 1. The average Bonchev–Trinajstić information content (AvgIpc) is 3.02. The van der Waals surface area contributed by atoms with E-state index in [-0.39, 0.29) is 5.91 Å². The normalized spacial score (nSPS) is 17.5. The number of hydrogen-bond donors (Lipinski definition) is 2. The third-order valence-electron chi connectivity index (χ3n) is 4.39. The van der Waals surface area contributed by atoms with E-state index >= 15 is 0 Å². The fourth-order valence-corrected chi connectivity index (χ4v) is 4.16. The van der Waals surface area contributed by atoms with Gasteiger partial charge in [0.15, 0.2) is 0 Å². The summed E-state index contributed by atoms with van der Waals surface area (Å²) in [5.41, 5.74) is -0.239. The summed E-state index contributed by atoms with van der Waals surface area (Å²) in [5.74, 6) is -1.23. The molecule has 1 aliphatic carbocycles. The van der Waals surface area contributed by atoms with Crippen LogP contribution in [0.15, 0.2) is 6.07 Å². The van der Waals surface area contributed by atoms with E-state index in [0.717, 1.165) is 35.2 Å². The van der Waals surface area contributed by atoms with E-state index in [1.54, 1.807) is 10.7 Å². The Morgan fingerprint density at radius 2 is 2.05 bits per heavy atom. The highest BCUT2D eigenvalue weighted by Crippen LogP contribution is 2.31. The van der Waals surface area contributed by atoms with Crippen molar-refractivity contribution in [3.05, 3.63) is 16.6 Å². The van der Waals surface area contributed by atoms with Crippen LogP contribution in [0.5, 0.6) is 0 Å². The zero-order chi connectivity index (χ0) is 15.9. The van der Waals surface area contributed by atoms with Gasteiger partial charge in [-0.2, -0.15) is 5.10 Å². The van der Waals surface area contributed by atoms with Gasteiger partial charge in [0.25, 0.3) is 5.91 Å². The fourth-order valence-electron chi connectivity index (χ4n) is 3.14. The molecule has 2 heterocycles. The number of carbonyl (C=O) groups is 2. The molecule has 0 aliphatic heterocycles. The first-order chi connectivity index (χ1) is 10.4. The molecule has 6 nitrogen and oxygen atoms in total. The first-order valence-electron chi connectivity index (χ1n) is 7.42. The van der Waals surface area contributed by atoms with Crippen LogP contribution < -0.4 is 5.32 Å². The maximum atomic E-state index is 12.5. The second-order valence-electron chi connectivity index (χ2n) is 5.94. The Bertz CT molecular complexity index is 706. The number of aromatic nitrogens is 2. The Hall–Kier alpha value is -1.89. The van der Waals surface area contributed by atoms with Crippen molar-refractivity contribution in [1.29, 1.82) is 0 Å². The van der Waals surface area contributed by atoms with Crippen molar-refractivity contribution in [2.24, 2.45) is 7.05 Å². The monoisotopic (exact) mass is 321 g/mol. The molecule has 0 unspecified atom stereocenters. The predicted octanol–water partition coefficient (Wildman–Crippen LogP) is 2.46. The maximum Gasteiger partial charge on any atom is 0.329 e. The van der Waals surface area contributed by atoms with E-state index in [2.05, 4.69) is 10.4 Å². The number of aryl methyl sites for hydroxylation is 2. The Balaban J connectivity index is 1.88. The van der Waals surface area contributed by atoms with Gasteiger partial charge >= 0.3 is 5.97 Å². The van der Waals surface area contributed by atoms with E-state index in [1.807, 2.05) is 14.0 Å². The number of nitrogens with one attached hydrogen (secondary N) is 1. The summed E-state index contributed by atoms with van der Waals surface area (Å²) >= 11 is 1.35. The van der Waals surface area contributed by atoms with Gasteiger partial charge in [-0.1, -0.05) is 19.3 Å². The number of hydrogen-bond acceptors (Lipinski definition) is 4. The second kappa shape index (κ2) is 5.39. The molecule has 2 aromatic rings. The number of rotatable bonds is 3. The minimum absolute atomic E-state index is 0.301. The van der Waals surface area contributed by atoms with Gasteiger partial charge in [0.2, 0.25) is 0 Å². The van der Waals surface area contributed by atoms with Gasteiger partial charge < -0.3 is 10.4 Å². The van der Waals surface area contributed by atoms with Crippen molar-refractivity contribution in [2.45, 2.75) is 44.6 Å². The van der Waals surface area contributed by atoms with Crippen LogP contribution in [0.2, 0.25) is 0 Å². The number of thiophene rings is 1. The topological polar surface area (TPSA) is 84.2 Å². The van der Waals surface area contributed by atoms with Crippen LogP contribution in [0, 0.1) is 6.92 Å². The summed E-state index contributed by atoms with van der Waals surface area (Å²) in [6, 6.07) is 1.80. The van der Waals surface area contributed by atoms with Crippen LogP contribution in [0.4, 0.5) is 0 Å². The summed E-state index contributed by atoms with van der Waals surface area (Å²) in [7, 11) is 1.84. The summed E-state index contributed by atoms with van der Waals surface area (Å²) in [4.78, 5) is 25.6. The number of fused-ring (bicyclic) bond motifs is 1. The number of amides is 1. The summed E-state index contributed by atoms with van der Waals surface area (Å²) in [6.07, 6.45) is 3.70. The summed E-state index contributed by atoms with van der Waals surface area (Å²) in [5, 5.41) is 17.6. The van der Waals surface area contributed by atoms with Crippen molar-refractivity contribution in [2.75, 3.05) is 0 Å². The van der Waals surface area contributed by atoms with Gasteiger partial charge in [-0.25, -0.2) is 4.79 Å². The van der Waals surface area contributed by atoms with Gasteiger partial charge in [0.1, 0.15) is 10.4 Å². The van der Waals surface area contributed by atoms with Gasteiger partial charge in [-0.15, -0.1) is 11.3 Å². The molecule has 7 heteroatoms. The van der Waals surface area contributed by atoms with Gasteiger partial charge in [-0.3, -0.25) is 9.48 Å². The van der Waals surface area contributed by atoms with Crippen LogP contribution in [0.1, 0.15) is 47.5 Å². The smallest absolute Gasteiger partial charge is 0.329 e. The van der Waals surface area contributed by atoms with Gasteiger partial charge in [0, 0.05) is 12.4 Å². The maximum absolute atomic E-state index is 12.5. The zero-order valence-electron chi connectivity index (χ0n) is 12.7. The van der Waals surface area contributed by atoms with Crippen LogP contribution >= 0.6 is 11.3 Å². The van der Waals surface area contributed by atoms with E-state index in [0.29, 0.717) is 17.7 Å². The van der Waals surface area contributed by atoms with Crippen molar-refractivity contribution < 1.29 is 14.7 Å². The first-order valence-corrected chi connectivity index (χ1v) is 8.24. The van der Waals surface area contributed by atoms with Gasteiger partial charge in [0.05, 0.1) is 10.6 Å². The van der Waals surface area contributed by atoms with E-state index < -0.39 is 11.5 Å². The van der Waals surface area contributed by atoms with Crippen LogP contribution in [-0.2, 0) is 11.8 Å². The van der Waals surface area contributed by atoms with Crippen molar-refractivity contribution in [3.63, 3.8) is 0 Å². The molecule has 2 aromatic heterocycles. The Morgan fingerprint density at radius 3 is 2.64 bits per heavy atom. The van der Waals surface area contributed by atoms with Crippen molar-refractivity contribution in [1.82, 2.24) is 15.1 Å². The van der Waals surface area contributed by atoms with Crippen LogP contribution in [0.25, 0.3) is 10.2 Å². The number of nitrogens with zero attached hydrogens (tertiary/aromatic N) is 2. The molecule has 0 atom stereocenters. The standard InChI is InChI=1S/C15H19N3O3S/c1-9-10-8-11(22-13(10)18(2)17-9)12(19)16-15(14(20)21)6-4-3-5-7-15/h8H,3-7H2,1-2H3,(H,16,19)(H,20,21). The predicted molar refractivity (Wildman–Crippen MR) is 84.2 cm³/mol. The Morgan fingerprint density at radius 1 is 1.36 bits per heavy atom. The Kier molecular flexibility index (Phi) is 3.68. The lowest BCUT2D eigenvalue weighted by atomic mass is 9.81. The average molecular weight is 321 g/mol. The largest absolute Gasteiger partial charge is 0.480 e. The molecule has 0 aromatic carbocycles. The molecule has 0 spiro atoms.